The quantitative estimate of drug-likeness (QED) is 0.493. The van der Waals surface area contributed by atoms with Gasteiger partial charge in [0.05, 0.1) is 16.7 Å². The molecule has 0 bridgehead atoms. The van der Waals surface area contributed by atoms with Gasteiger partial charge in [0, 0.05) is 6.04 Å². The van der Waals surface area contributed by atoms with Crippen molar-refractivity contribution in [1.29, 1.82) is 0 Å². The van der Waals surface area contributed by atoms with E-state index in [1.54, 1.807) is 18.2 Å². The molecule has 9 heteroatoms. The third-order valence-electron chi connectivity index (χ3n) is 5.74. The number of amides is 1. The summed E-state index contributed by atoms with van der Waals surface area (Å²) in [5.41, 5.74) is 0.343. The van der Waals surface area contributed by atoms with Gasteiger partial charge in [-0.3, -0.25) is 9.59 Å². The number of para-hydroxylation sites is 1. The van der Waals surface area contributed by atoms with Gasteiger partial charge in [-0.05, 0) is 30.4 Å². The van der Waals surface area contributed by atoms with E-state index in [1.807, 2.05) is 6.07 Å². The van der Waals surface area contributed by atoms with Crippen molar-refractivity contribution in [1.82, 2.24) is 30.0 Å². The molecule has 1 fully saturated rings. The van der Waals surface area contributed by atoms with Crippen molar-refractivity contribution in [2.45, 2.75) is 44.3 Å². The number of nitrogens with one attached hydrogen (secondary N) is 2. The van der Waals surface area contributed by atoms with Gasteiger partial charge in [0.1, 0.15) is 6.33 Å². The molecule has 2 aromatic heterocycles. The molecule has 1 amide bonds. The third-order valence-corrected chi connectivity index (χ3v) is 6.68. The molecule has 0 spiro atoms. The monoisotopic (exact) mass is 412 g/mol. The number of nitrogens with zero attached hydrogens (tertiary/aromatic N) is 4. The van der Waals surface area contributed by atoms with E-state index in [1.165, 1.54) is 29.1 Å². The lowest BCUT2D eigenvalue weighted by atomic mass is 9.78. The van der Waals surface area contributed by atoms with Crippen molar-refractivity contribution in [3.63, 3.8) is 0 Å². The Balaban J connectivity index is 1.57. The summed E-state index contributed by atoms with van der Waals surface area (Å²) in [5, 5.41) is 10.6. The van der Waals surface area contributed by atoms with E-state index in [0.29, 0.717) is 27.9 Å². The zero-order chi connectivity index (χ0) is 20.4. The van der Waals surface area contributed by atoms with Crippen LogP contribution in [0.5, 0.6) is 0 Å². The number of carbonyl (C=O) groups excluding carboxylic acids is 1. The summed E-state index contributed by atoms with van der Waals surface area (Å²) < 4.78 is 1.37. The minimum absolute atomic E-state index is 0.0486. The van der Waals surface area contributed by atoms with Crippen LogP contribution >= 0.6 is 11.8 Å². The number of H-pyrrole nitrogens is 1. The summed E-state index contributed by atoms with van der Waals surface area (Å²) in [6.07, 6.45) is 4.70. The summed E-state index contributed by atoms with van der Waals surface area (Å²) >= 11 is 1.23. The first kappa shape index (κ1) is 19.6. The summed E-state index contributed by atoms with van der Waals surface area (Å²) in [7, 11) is 0. The van der Waals surface area contributed by atoms with Crippen molar-refractivity contribution in [2.24, 2.45) is 11.8 Å². The molecule has 2 N–H and O–H groups in total. The number of benzene rings is 1. The average molecular weight is 413 g/mol. The van der Waals surface area contributed by atoms with Crippen LogP contribution in [0.15, 0.2) is 40.5 Å². The number of fused-ring (bicyclic) bond motifs is 1. The molecule has 0 aliphatic heterocycles. The molecular formula is C20H24N6O2S. The molecule has 0 unspecified atom stereocenters. The van der Waals surface area contributed by atoms with Gasteiger partial charge in [0.2, 0.25) is 11.9 Å². The van der Waals surface area contributed by atoms with E-state index < -0.39 is 0 Å². The predicted molar refractivity (Wildman–Crippen MR) is 112 cm³/mol. The van der Waals surface area contributed by atoms with Crippen molar-refractivity contribution in [3.8, 4) is 5.95 Å². The highest BCUT2D eigenvalue weighted by atomic mass is 32.2. The van der Waals surface area contributed by atoms with Gasteiger partial charge in [-0.15, -0.1) is 0 Å². The second-order valence-electron chi connectivity index (χ2n) is 7.59. The minimum Gasteiger partial charge on any atom is -0.352 e. The Morgan fingerprint density at radius 3 is 2.93 bits per heavy atom. The fourth-order valence-electron chi connectivity index (χ4n) is 3.87. The van der Waals surface area contributed by atoms with E-state index in [4.69, 9.17) is 0 Å². The summed E-state index contributed by atoms with van der Waals surface area (Å²) in [4.78, 5) is 34.3. The lowest BCUT2D eigenvalue weighted by molar-refractivity contribution is -0.120. The lowest BCUT2D eigenvalue weighted by Crippen LogP contribution is -2.44. The number of aromatic amines is 1. The molecule has 8 nitrogen and oxygen atoms in total. The van der Waals surface area contributed by atoms with Gasteiger partial charge < -0.3 is 5.32 Å². The highest BCUT2D eigenvalue weighted by molar-refractivity contribution is 7.99. The number of carbonyl (C=O) groups is 1. The second kappa shape index (κ2) is 8.36. The zero-order valence-corrected chi connectivity index (χ0v) is 17.3. The fourth-order valence-corrected chi connectivity index (χ4v) is 4.67. The zero-order valence-electron chi connectivity index (χ0n) is 16.5. The highest BCUT2D eigenvalue weighted by Gasteiger charge is 2.28. The standard InChI is InChI=1S/C20H24N6O2S/c1-12-6-5-9-15(13(12)2)23-17(27)10-29-20-24-16-8-4-3-7-14(16)18(28)26(20)19-21-11-22-25-19/h3-4,7-8,11-13,15H,5-6,9-10H2,1-2H3,(H,23,27)(H,21,22,25)/t12-,13-,15+/m1/s1. The largest absolute Gasteiger partial charge is 0.352 e. The predicted octanol–water partition coefficient (Wildman–Crippen LogP) is 2.54. The summed E-state index contributed by atoms with van der Waals surface area (Å²) in [5.74, 6) is 1.49. The molecule has 3 aromatic rings. The van der Waals surface area contributed by atoms with Crippen LogP contribution in [0.4, 0.5) is 0 Å². The summed E-state index contributed by atoms with van der Waals surface area (Å²) in [6.45, 7) is 4.45. The van der Waals surface area contributed by atoms with E-state index in [2.05, 4.69) is 39.3 Å². The van der Waals surface area contributed by atoms with Gasteiger partial charge in [-0.2, -0.15) is 10.1 Å². The SMILES string of the molecule is C[C@@H]1[C@H](C)CCC[C@@H]1NC(=O)CSc1nc2ccccc2c(=O)n1-c1ncn[nH]1. The molecule has 1 aliphatic rings. The maximum absolute atomic E-state index is 13.0. The van der Waals surface area contributed by atoms with Gasteiger partial charge in [-0.25, -0.2) is 14.6 Å². The van der Waals surface area contributed by atoms with E-state index >= 15 is 0 Å². The second-order valence-corrected chi connectivity index (χ2v) is 8.53. The van der Waals surface area contributed by atoms with Crippen LogP contribution in [-0.2, 0) is 4.79 Å². The van der Waals surface area contributed by atoms with E-state index in [0.717, 1.165) is 12.8 Å². The van der Waals surface area contributed by atoms with Gasteiger partial charge in [0.25, 0.3) is 5.56 Å². The molecule has 0 saturated heterocycles. The number of aromatic nitrogens is 5. The first-order valence-electron chi connectivity index (χ1n) is 9.84. The molecule has 4 rings (SSSR count). The first-order chi connectivity index (χ1) is 14.0. The molecule has 1 aliphatic carbocycles. The third kappa shape index (κ3) is 4.05. The molecule has 2 heterocycles. The Hall–Kier alpha value is -2.68. The van der Waals surface area contributed by atoms with Crippen molar-refractivity contribution in [2.75, 3.05) is 5.75 Å². The number of hydrogen-bond acceptors (Lipinski definition) is 6. The van der Waals surface area contributed by atoms with Crippen LogP contribution in [0, 0.1) is 11.8 Å². The first-order valence-corrected chi connectivity index (χ1v) is 10.8. The molecule has 29 heavy (non-hydrogen) atoms. The van der Waals surface area contributed by atoms with Crippen LogP contribution in [0.2, 0.25) is 0 Å². The lowest BCUT2D eigenvalue weighted by Gasteiger charge is -2.34. The molecule has 0 radical (unpaired) electrons. The van der Waals surface area contributed by atoms with Crippen LogP contribution in [0.1, 0.15) is 33.1 Å². The van der Waals surface area contributed by atoms with Gasteiger partial charge in [0.15, 0.2) is 5.16 Å². The highest BCUT2D eigenvalue weighted by Crippen LogP contribution is 2.29. The Kier molecular flexibility index (Phi) is 5.66. The van der Waals surface area contributed by atoms with Crippen molar-refractivity contribution < 1.29 is 4.79 Å². The Morgan fingerprint density at radius 2 is 2.14 bits per heavy atom. The number of thioether (sulfide) groups is 1. The van der Waals surface area contributed by atoms with Gasteiger partial charge >= 0.3 is 0 Å². The summed E-state index contributed by atoms with van der Waals surface area (Å²) in [6, 6.07) is 7.34. The van der Waals surface area contributed by atoms with Crippen molar-refractivity contribution >= 4 is 28.6 Å². The smallest absolute Gasteiger partial charge is 0.269 e. The fraction of sp³-hybridized carbons (Fsp3) is 0.450. The van der Waals surface area contributed by atoms with Crippen LogP contribution < -0.4 is 10.9 Å². The Bertz CT molecular complexity index is 1060. The Morgan fingerprint density at radius 1 is 1.31 bits per heavy atom. The van der Waals surface area contributed by atoms with E-state index in [-0.39, 0.29) is 29.2 Å². The van der Waals surface area contributed by atoms with Crippen LogP contribution in [0.3, 0.4) is 0 Å². The van der Waals surface area contributed by atoms with Crippen LogP contribution in [-0.4, -0.2) is 42.4 Å². The molecule has 1 saturated carbocycles. The van der Waals surface area contributed by atoms with E-state index in [9.17, 15) is 9.59 Å². The van der Waals surface area contributed by atoms with Crippen molar-refractivity contribution in [3.05, 3.63) is 40.9 Å². The van der Waals surface area contributed by atoms with Gasteiger partial charge in [-0.1, -0.05) is 50.6 Å². The normalized spacial score (nSPS) is 21.9. The number of hydrogen-bond donors (Lipinski definition) is 2. The van der Waals surface area contributed by atoms with Crippen LogP contribution in [0.25, 0.3) is 16.9 Å². The Labute approximate surface area is 172 Å². The maximum Gasteiger partial charge on any atom is 0.269 e. The molecule has 152 valence electrons. The average Bonchev–Trinajstić information content (AvgIpc) is 3.24. The topological polar surface area (TPSA) is 106 Å². The molecular weight excluding hydrogens is 388 g/mol. The molecule has 3 atom stereocenters. The minimum atomic E-state index is -0.245. The molecule has 1 aromatic carbocycles. The maximum atomic E-state index is 13.0. The number of rotatable bonds is 5.